The molecule has 0 bridgehead atoms. The van der Waals surface area contributed by atoms with Gasteiger partial charge in [-0.3, -0.25) is 4.79 Å². The molecular formula is C19H20N2O2S. The van der Waals surface area contributed by atoms with Gasteiger partial charge in [-0.15, -0.1) is 11.3 Å². The van der Waals surface area contributed by atoms with Crippen LogP contribution in [-0.4, -0.2) is 29.9 Å². The first kappa shape index (κ1) is 16.5. The Bertz CT molecular complexity index is 811. The summed E-state index contributed by atoms with van der Waals surface area (Å²) >= 11 is 1.64. The van der Waals surface area contributed by atoms with Crippen molar-refractivity contribution in [2.75, 3.05) is 14.2 Å². The van der Waals surface area contributed by atoms with Crippen LogP contribution in [0.25, 0.3) is 10.2 Å². The molecule has 0 saturated heterocycles. The topological polar surface area (TPSA) is 42.4 Å². The Kier molecular flexibility index (Phi) is 5.11. The number of hydrogen-bond donors (Lipinski definition) is 0. The van der Waals surface area contributed by atoms with Gasteiger partial charge in [-0.2, -0.15) is 0 Å². The van der Waals surface area contributed by atoms with Gasteiger partial charge in [0.2, 0.25) is 5.91 Å². The number of nitrogens with zero attached hydrogens (tertiary/aromatic N) is 2. The Morgan fingerprint density at radius 2 is 1.92 bits per heavy atom. The van der Waals surface area contributed by atoms with Crippen LogP contribution < -0.4 is 4.74 Å². The van der Waals surface area contributed by atoms with Crippen molar-refractivity contribution in [3.63, 3.8) is 0 Å². The zero-order valence-corrected chi connectivity index (χ0v) is 14.7. The van der Waals surface area contributed by atoms with Crippen molar-refractivity contribution < 1.29 is 9.53 Å². The lowest BCUT2D eigenvalue weighted by molar-refractivity contribution is -0.130. The average Bonchev–Trinajstić information content (AvgIpc) is 3.02. The Morgan fingerprint density at radius 1 is 1.17 bits per heavy atom. The first-order valence-corrected chi connectivity index (χ1v) is 8.69. The van der Waals surface area contributed by atoms with Gasteiger partial charge >= 0.3 is 0 Å². The molecule has 0 unspecified atom stereocenters. The lowest BCUT2D eigenvalue weighted by atomic mass is 10.1. The SMILES string of the molecule is COc1ccccc1CCC(=O)N(C)Cc1nc2ccccc2s1. The molecule has 0 atom stereocenters. The third-order valence-corrected chi connectivity index (χ3v) is 4.96. The van der Waals surface area contributed by atoms with Gasteiger partial charge in [0, 0.05) is 13.5 Å². The van der Waals surface area contributed by atoms with E-state index in [9.17, 15) is 4.79 Å². The Hall–Kier alpha value is -2.40. The summed E-state index contributed by atoms with van der Waals surface area (Å²) < 4.78 is 6.49. The summed E-state index contributed by atoms with van der Waals surface area (Å²) in [6.07, 6.45) is 1.13. The van der Waals surface area contributed by atoms with E-state index < -0.39 is 0 Å². The van der Waals surface area contributed by atoms with Crippen molar-refractivity contribution >= 4 is 27.5 Å². The molecule has 2 aromatic carbocycles. The van der Waals surface area contributed by atoms with Gasteiger partial charge in [0.05, 0.1) is 23.9 Å². The zero-order valence-electron chi connectivity index (χ0n) is 13.9. The summed E-state index contributed by atoms with van der Waals surface area (Å²) in [5, 5.41) is 0.962. The summed E-state index contributed by atoms with van der Waals surface area (Å²) in [7, 11) is 3.48. The number of benzene rings is 2. The summed E-state index contributed by atoms with van der Waals surface area (Å²) in [6.45, 7) is 0.546. The van der Waals surface area contributed by atoms with Gasteiger partial charge in [0.25, 0.3) is 0 Å². The summed E-state index contributed by atoms with van der Waals surface area (Å²) in [6, 6.07) is 15.9. The van der Waals surface area contributed by atoms with E-state index in [1.54, 1.807) is 23.3 Å². The number of aromatic nitrogens is 1. The third-order valence-electron chi connectivity index (χ3n) is 3.94. The lowest BCUT2D eigenvalue weighted by Gasteiger charge is -2.16. The molecule has 24 heavy (non-hydrogen) atoms. The van der Waals surface area contributed by atoms with Crippen molar-refractivity contribution in [3.05, 3.63) is 59.1 Å². The van der Waals surface area contributed by atoms with E-state index in [4.69, 9.17) is 4.74 Å². The molecule has 0 aliphatic rings. The summed E-state index contributed by atoms with van der Waals surface area (Å²) in [5.41, 5.74) is 2.05. The van der Waals surface area contributed by atoms with Gasteiger partial charge in [0.1, 0.15) is 10.8 Å². The van der Waals surface area contributed by atoms with E-state index in [-0.39, 0.29) is 5.91 Å². The monoisotopic (exact) mass is 340 g/mol. The molecule has 1 aromatic heterocycles. The molecule has 3 aromatic rings. The zero-order chi connectivity index (χ0) is 16.9. The van der Waals surface area contributed by atoms with Gasteiger partial charge < -0.3 is 9.64 Å². The van der Waals surface area contributed by atoms with E-state index in [0.717, 1.165) is 26.5 Å². The minimum Gasteiger partial charge on any atom is -0.496 e. The number of hydrogen-bond acceptors (Lipinski definition) is 4. The molecule has 0 radical (unpaired) electrons. The highest BCUT2D eigenvalue weighted by molar-refractivity contribution is 7.18. The first-order valence-electron chi connectivity index (χ1n) is 7.87. The maximum atomic E-state index is 12.4. The van der Waals surface area contributed by atoms with E-state index in [0.29, 0.717) is 19.4 Å². The Balaban J connectivity index is 1.60. The van der Waals surface area contributed by atoms with E-state index in [2.05, 4.69) is 11.1 Å². The predicted molar refractivity (Wildman–Crippen MR) is 97.4 cm³/mol. The van der Waals surface area contributed by atoms with E-state index >= 15 is 0 Å². The fourth-order valence-corrected chi connectivity index (χ4v) is 3.64. The maximum absolute atomic E-state index is 12.4. The van der Waals surface area contributed by atoms with Crippen LogP contribution in [0.1, 0.15) is 17.0 Å². The van der Waals surface area contributed by atoms with Crippen LogP contribution in [-0.2, 0) is 17.8 Å². The van der Waals surface area contributed by atoms with Crippen LogP contribution >= 0.6 is 11.3 Å². The van der Waals surface area contributed by atoms with Crippen molar-refractivity contribution in [2.45, 2.75) is 19.4 Å². The second-order valence-electron chi connectivity index (χ2n) is 5.64. The van der Waals surface area contributed by atoms with Gasteiger partial charge in [0.15, 0.2) is 0 Å². The van der Waals surface area contributed by atoms with Crippen LogP contribution in [0.15, 0.2) is 48.5 Å². The smallest absolute Gasteiger partial charge is 0.223 e. The second-order valence-corrected chi connectivity index (χ2v) is 6.75. The number of carbonyl (C=O) groups is 1. The van der Waals surface area contributed by atoms with E-state index in [1.807, 2.05) is 49.5 Å². The largest absolute Gasteiger partial charge is 0.496 e. The molecular weight excluding hydrogens is 320 g/mol. The molecule has 1 heterocycles. The first-order chi connectivity index (χ1) is 11.7. The Morgan fingerprint density at radius 3 is 2.71 bits per heavy atom. The van der Waals surface area contributed by atoms with Crippen molar-refractivity contribution in [1.82, 2.24) is 9.88 Å². The molecule has 3 rings (SSSR count). The van der Waals surface area contributed by atoms with Crippen LogP contribution in [0.4, 0.5) is 0 Å². The average molecular weight is 340 g/mol. The van der Waals surface area contributed by atoms with Crippen LogP contribution in [0.3, 0.4) is 0 Å². The lowest BCUT2D eigenvalue weighted by Crippen LogP contribution is -2.26. The second kappa shape index (κ2) is 7.45. The number of ether oxygens (including phenoxy) is 1. The Labute approximate surface area is 145 Å². The van der Waals surface area contributed by atoms with Gasteiger partial charge in [-0.05, 0) is 30.2 Å². The van der Waals surface area contributed by atoms with Crippen LogP contribution in [0, 0.1) is 0 Å². The number of rotatable bonds is 6. The number of methoxy groups -OCH3 is 1. The summed E-state index contributed by atoms with van der Waals surface area (Å²) in [5.74, 6) is 0.944. The fraction of sp³-hybridized carbons (Fsp3) is 0.263. The third kappa shape index (κ3) is 3.74. The quantitative estimate of drug-likeness (QED) is 0.683. The number of thiazole rings is 1. The normalized spacial score (nSPS) is 10.8. The molecule has 0 aliphatic carbocycles. The van der Waals surface area contributed by atoms with Crippen molar-refractivity contribution in [2.24, 2.45) is 0 Å². The van der Waals surface area contributed by atoms with Crippen LogP contribution in [0.2, 0.25) is 0 Å². The van der Waals surface area contributed by atoms with Gasteiger partial charge in [-0.25, -0.2) is 4.98 Å². The standard InChI is InChI=1S/C19H20N2O2S/c1-21(13-18-20-15-8-4-6-10-17(15)24-18)19(22)12-11-14-7-3-5-9-16(14)23-2/h3-10H,11-13H2,1-2H3. The minimum atomic E-state index is 0.111. The minimum absolute atomic E-state index is 0.111. The molecule has 0 aliphatic heterocycles. The number of fused-ring (bicyclic) bond motifs is 1. The number of para-hydroxylation sites is 2. The molecule has 5 heteroatoms. The molecule has 124 valence electrons. The molecule has 1 amide bonds. The predicted octanol–water partition coefficient (Wildman–Crippen LogP) is 3.90. The van der Waals surface area contributed by atoms with Crippen LogP contribution in [0.5, 0.6) is 5.75 Å². The van der Waals surface area contributed by atoms with Crippen molar-refractivity contribution in [3.8, 4) is 5.75 Å². The number of carbonyl (C=O) groups excluding carboxylic acids is 1. The van der Waals surface area contributed by atoms with Crippen molar-refractivity contribution in [1.29, 1.82) is 0 Å². The maximum Gasteiger partial charge on any atom is 0.223 e. The van der Waals surface area contributed by atoms with Gasteiger partial charge in [-0.1, -0.05) is 30.3 Å². The number of amides is 1. The highest BCUT2D eigenvalue weighted by Gasteiger charge is 2.13. The molecule has 0 saturated carbocycles. The molecule has 0 spiro atoms. The molecule has 0 fully saturated rings. The highest BCUT2D eigenvalue weighted by atomic mass is 32.1. The highest BCUT2D eigenvalue weighted by Crippen LogP contribution is 2.23. The summed E-state index contributed by atoms with van der Waals surface area (Å²) in [4.78, 5) is 18.7. The molecule has 4 nitrogen and oxygen atoms in total. The number of aryl methyl sites for hydroxylation is 1. The fourth-order valence-electron chi connectivity index (χ4n) is 2.62. The van der Waals surface area contributed by atoms with E-state index in [1.165, 1.54) is 0 Å². The molecule has 0 N–H and O–H groups in total.